The molecule has 4 heteroatoms. The van der Waals surface area contributed by atoms with Crippen LogP contribution in [0.3, 0.4) is 0 Å². The van der Waals surface area contributed by atoms with Crippen molar-refractivity contribution in [1.82, 2.24) is 4.90 Å². The van der Waals surface area contributed by atoms with Gasteiger partial charge in [-0.3, -0.25) is 4.90 Å². The van der Waals surface area contributed by atoms with E-state index in [9.17, 15) is 4.39 Å². The van der Waals surface area contributed by atoms with Gasteiger partial charge in [0.25, 0.3) is 0 Å². The summed E-state index contributed by atoms with van der Waals surface area (Å²) < 4.78 is 19.2. The van der Waals surface area contributed by atoms with Crippen LogP contribution in [-0.4, -0.2) is 38.3 Å². The highest BCUT2D eigenvalue weighted by molar-refractivity contribution is 5.37. The monoisotopic (exact) mass is 290 g/mol. The molecule has 0 spiro atoms. The number of nitrogens with zero attached hydrogens (tertiary/aromatic N) is 1. The van der Waals surface area contributed by atoms with E-state index in [0.717, 1.165) is 31.2 Å². The molecule has 3 nitrogen and oxygen atoms in total. The summed E-state index contributed by atoms with van der Waals surface area (Å²) in [5.41, 5.74) is 6.93. The molecule has 1 aliphatic carbocycles. The number of benzene rings is 1. The lowest BCUT2D eigenvalue weighted by atomic mass is 10.1. The lowest BCUT2D eigenvalue weighted by Gasteiger charge is -2.17. The van der Waals surface area contributed by atoms with Crippen molar-refractivity contribution >= 4 is 0 Å². The third-order valence-electron chi connectivity index (χ3n) is 3.41. The molecule has 21 heavy (non-hydrogen) atoms. The Hall–Kier alpha value is -1.41. The van der Waals surface area contributed by atoms with Gasteiger partial charge in [0.05, 0.1) is 13.2 Å². The first kappa shape index (κ1) is 16.0. The molecule has 114 valence electrons. The number of hydrogen-bond donors (Lipinski definition) is 1. The quantitative estimate of drug-likeness (QED) is 0.616. The van der Waals surface area contributed by atoms with Crippen molar-refractivity contribution in [2.45, 2.75) is 19.4 Å². The Morgan fingerprint density at radius 3 is 2.90 bits per heavy atom. The summed E-state index contributed by atoms with van der Waals surface area (Å²) in [5.74, 6) is 6.16. The third kappa shape index (κ3) is 6.26. The topological polar surface area (TPSA) is 38.5 Å². The van der Waals surface area contributed by atoms with Crippen molar-refractivity contribution in [1.29, 1.82) is 0 Å². The fraction of sp³-hybridized carbons (Fsp3) is 0.529. The molecule has 0 aromatic heterocycles. The minimum Gasteiger partial charge on any atom is -0.380 e. The van der Waals surface area contributed by atoms with Gasteiger partial charge in [0.2, 0.25) is 0 Å². The first-order valence-corrected chi connectivity index (χ1v) is 7.42. The molecule has 1 fully saturated rings. The zero-order valence-electron chi connectivity index (χ0n) is 12.6. The molecule has 1 aromatic carbocycles. The van der Waals surface area contributed by atoms with Crippen molar-refractivity contribution in [2.75, 3.05) is 33.4 Å². The number of halogens is 1. The van der Waals surface area contributed by atoms with Gasteiger partial charge < -0.3 is 10.5 Å². The summed E-state index contributed by atoms with van der Waals surface area (Å²) in [6.45, 7) is 3.41. The molecule has 0 aliphatic heterocycles. The molecule has 2 rings (SSSR count). The van der Waals surface area contributed by atoms with Gasteiger partial charge in [-0.05, 0) is 49.6 Å². The van der Waals surface area contributed by atoms with Crippen molar-refractivity contribution in [3.8, 4) is 11.8 Å². The van der Waals surface area contributed by atoms with E-state index in [1.54, 1.807) is 6.07 Å². The SMILES string of the molecule is CN(CCOCC1CC1)Cc1cc(F)cc(C#CCN)c1. The largest absolute Gasteiger partial charge is 0.380 e. The Labute approximate surface area is 126 Å². The van der Waals surface area contributed by atoms with E-state index in [-0.39, 0.29) is 12.4 Å². The Bertz CT molecular complexity index is 517. The Morgan fingerprint density at radius 2 is 2.19 bits per heavy atom. The van der Waals surface area contributed by atoms with Crippen molar-refractivity contribution in [2.24, 2.45) is 11.7 Å². The molecule has 1 aliphatic rings. The minimum atomic E-state index is -0.257. The van der Waals surface area contributed by atoms with Crippen LogP contribution in [0.2, 0.25) is 0 Å². The predicted molar refractivity (Wildman–Crippen MR) is 82.2 cm³/mol. The van der Waals surface area contributed by atoms with E-state index in [2.05, 4.69) is 16.7 Å². The lowest BCUT2D eigenvalue weighted by Crippen LogP contribution is -2.23. The average molecular weight is 290 g/mol. The van der Waals surface area contributed by atoms with Crippen LogP contribution >= 0.6 is 0 Å². The lowest BCUT2D eigenvalue weighted by molar-refractivity contribution is 0.102. The Balaban J connectivity index is 1.80. The molecule has 1 saturated carbocycles. The summed E-state index contributed by atoms with van der Waals surface area (Å²) in [5, 5.41) is 0. The third-order valence-corrected chi connectivity index (χ3v) is 3.41. The Kier molecular flexibility index (Phi) is 6.19. The van der Waals surface area contributed by atoms with E-state index in [0.29, 0.717) is 12.1 Å². The van der Waals surface area contributed by atoms with Gasteiger partial charge in [0.15, 0.2) is 0 Å². The molecule has 0 bridgehead atoms. The van der Waals surface area contributed by atoms with Crippen molar-refractivity contribution in [3.05, 3.63) is 35.1 Å². The van der Waals surface area contributed by atoms with Crippen molar-refractivity contribution in [3.63, 3.8) is 0 Å². The summed E-state index contributed by atoms with van der Waals surface area (Å²) in [6.07, 6.45) is 2.62. The first-order chi connectivity index (χ1) is 10.2. The molecule has 0 unspecified atom stereocenters. The molecule has 0 saturated heterocycles. The number of likely N-dealkylation sites (N-methyl/N-ethyl adjacent to an activating group) is 1. The normalized spacial score (nSPS) is 14.1. The van der Waals surface area contributed by atoms with Crippen LogP contribution in [0.25, 0.3) is 0 Å². The van der Waals surface area contributed by atoms with E-state index < -0.39 is 0 Å². The number of nitrogens with two attached hydrogens (primary N) is 1. The second-order valence-electron chi connectivity index (χ2n) is 5.61. The van der Waals surface area contributed by atoms with Crippen LogP contribution in [0.4, 0.5) is 4.39 Å². The van der Waals surface area contributed by atoms with E-state index in [1.165, 1.54) is 18.9 Å². The summed E-state index contributed by atoms with van der Waals surface area (Å²) >= 11 is 0. The second-order valence-corrected chi connectivity index (χ2v) is 5.61. The van der Waals surface area contributed by atoms with Gasteiger partial charge in [0, 0.05) is 25.3 Å². The van der Waals surface area contributed by atoms with E-state index in [1.807, 2.05) is 13.1 Å². The maximum Gasteiger partial charge on any atom is 0.124 e. The zero-order chi connectivity index (χ0) is 15.1. The summed E-state index contributed by atoms with van der Waals surface area (Å²) in [4.78, 5) is 2.13. The maximum absolute atomic E-state index is 13.6. The summed E-state index contributed by atoms with van der Waals surface area (Å²) in [6, 6.07) is 4.90. The van der Waals surface area contributed by atoms with Crippen LogP contribution in [-0.2, 0) is 11.3 Å². The van der Waals surface area contributed by atoms with Gasteiger partial charge in [-0.25, -0.2) is 4.39 Å². The van der Waals surface area contributed by atoms with Crippen LogP contribution in [0.1, 0.15) is 24.0 Å². The molecular weight excluding hydrogens is 267 g/mol. The van der Waals surface area contributed by atoms with Crippen molar-refractivity contribution < 1.29 is 9.13 Å². The van der Waals surface area contributed by atoms with Gasteiger partial charge in [0.1, 0.15) is 5.82 Å². The fourth-order valence-corrected chi connectivity index (χ4v) is 2.11. The molecule has 0 amide bonds. The van der Waals surface area contributed by atoms with Gasteiger partial charge in [-0.2, -0.15) is 0 Å². The molecule has 0 atom stereocenters. The minimum absolute atomic E-state index is 0.257. The number of ether oxygens (including phenoxy) is 1. The smallest absolute Gasteiger partial charge is 0.124 e. The second kappa shape index (κ2) is 8.14. The highest BCUT2D eigenvalue weighted by atomic mass is 19.1. The zero-order valence-corrected chi connectivity index (χ0v) is 12.6. The van der Waals surface area contributed by atoms with Crippen LogP contribution in [0.5, 0.6) is 0 Å². The van der Waals surface area contributed by atoms with Crippen LogP contribution in [0, 0.1) is 23.6 Å². The molecule has 1 aromatic rings. The standard InChI is InChI=1S/C17H23FN2O/c1-20(7-8-21-13-14-4-5-14)12-16-9-15(3-2-6-19)10-17(18)11-16/h9-11,14H,4-8,12-13,19H2,1H3. The molecule has 0 heterocycles. The first-order valence-electron chi connectivity index (χ1n) is 7.42. The highest BCUT2D eigenvalue weighted by Crippen LogP contribution is 2.28. The van der Waals surface area contributed by atoms with Gasteiger partial charge in [-0.1, -0.05) is 11.8 Å². The molecular formula is C17H23FN2O. The Morgan fingerprint density at radius 1 is 1.38 bits per heavy atom. The molecule has 0 radical (unpaired) electrons. The van der Waals surface area contributed by atoms with E-state index in [4.69, 9.17) is 10.5 Å². The number of hydrogen-bond acceptors (Lipinski definition) is 3. The molecule has 2 N–H and O–H groups in total. The average Bonchev–Trinajstić information content (AvgIpc) is 3.25. The maximum atomic E-state index is 13.6. The predicted octanol–water partition coefficient (Wildman–Crippen LogP) is 1.99. The summed E-state index contributed by atoms with van der Waals surface area (Å²) in [7, 11) is 2.01. The van der Waals surface area contributed by atoms with Crippen LogP contribution < -0.4 is 5.73 Å². The van der Waals surface area contributed by atoms with E-state index >= 15 is 0 Å². The van der Waals surface area contributed by atoms with Crippen LogP contribution in [0.15, 0.2) is 18.2 Å². The highest BCUT2D eigenvalue weighted by Gasteiger charge is 2.20. The fourth-order valence-electron chi connectivity index (χ4n) is 2.11. The number of rotatable bonds is 7. The van der Waals surface area contributed by atoms with Gasteiger partial charge >= 0.3 is 0 Å². The van der Waals surface area contributed by atoms with Gasteiger partial charge in [-0.15, -0.1) is 0 Å².